The molecular formula is C22H32N12Na2O10S2. The van der Waals surface area contributed by atoms with Gasteiger partial charge in [-0.1, -0.05) is 0 Å². The Morgan fingerprint density at radius 2 is 0.854 bits per heavy atom. The second-order valence-corrected chi connectivity index (χ2v) is 12.3. The van der Waals surface area contributed by atoms with Crippen LogP contribution in [0.4, 0.5) is 47.1 Å². The van der Waals surface area contributed by atoms with Crippen LogP contribution in [0, 0.1) is 0 Å². The molecule has 10 N–H and O–H groups in total. The minimum Gasteiger partial charge on any atom is -0.748 e. The molecular weight excluding hydrogens is 702 g/mol. The van der Waals surface area contributed by atoms with E-state index in [4.69, 9.17) is 10.2 Å². The Labute approximate surface area is 319 Å². The van der Waals surface area contributed by atoms with Gasteiger partial charge in [-0.3, -0.25) is 0 Å². The first kappa shape index (κ1) is 43.7. The van der Waals surface area contributed by atoms with Crippen molar-refractivity contribution in [2.24, 2.45) is 0 Å². The summed E-state index contributed by atoms with van der Waals surface area (Å²) in [7, 11) is -8.98. The summed E-state index contributed by atoms with van der Waals surface area (Å²) in [5, 5.41) is 53.8. The third-order valence-corrected chi connectivity index (χ3v) is 6.76. The van der Waals surface area contributed by atoms with Gasteiger partial charge in [0.1, 0.15) is 0 Å². The van der Waals surface area contributed by atoms with Crippen LogP contribution < -0.4 is 91.0 Å². The number of hydrogen-bond donors (Lipinski definition) is 10. The van der Waals surface area contributed by atoms with Gasteiger partial charge in [0.05, 0.1) is 57.2 Å². The molecule has 2 aromatic heterocycles. The first-order chi connectivity index (χ1) is 21.7. The Balaban J connectivity index is 0.00000576. The second kappa shape index (κ2) is 21.0. The summed E-state index contributed by atoms with van der Waals surface area (Å²) < 4.78 is 65.6. The maximum Gasteiger partial charge on any atom is 1.00 e. The van der Waals surface area contributed by atoms with Gasteiger partial charge in [-0.2, -0.15) is 29.9 Å². The first-order valence-corrected chi connectivity index (χ1v) is 16.4. The van der Waals surface area contributed by atoms with Gasteiger partial charge in [0.2, 0.25) is 35.7 Å². The average molecular weight is 735 g/mol. The van der Waals surface area contributed by atoms with E-state index in [0.717, 1.165) is 0 Å². The normalized spacial score (nSPS) is 12.5. The summed E-state index contributed by atoms with van der Waals surface area (Å²) in [5.41, 5.74) is 0.951. The van der Waals surface area contributed by atoms with Crippen LogP contribution in [-0.2, 0) is 20.2 Å². The predicted octanol–water partition coefficient (Wildman–Crippen LogP) is -9.00. The van der Waals surface area contributed by atoms with Gasteiger partial charge < -0.3 is 61.4 Å². The molecule has 1 aromatic carbocycles. The number of nitrogens with one attached hydrogen (secondary N) is 6. The van der Waals surface area contributed by atoms with Crippen molar-refractivity contribution in [3.05, 3.63) is 24.3 Å². The Morgan fingerprint density at radius 3 is 1.15 bits per heavy atom. The van der Waals surface area contributed by atoms with E-state index in [2.05, 4.69) is 61.8 Å². The topological polar surface area (TPSA) is 345 Å². The van der Waals surface area contributed by atoms with Crippen molar-refractivity contribution in [3.63, 3.8) is 0 Å². The van der Waals surface area contributed by atoms with E-state index >= 15 is 0 Å². The number of anilines is 8. The molecule has 0 amide bonds. The number of aliphatic hydroxyl groups excluding tert-OH is 4. The van der Waals surface area contributed by atoms with Crippen molar-refractivity contribution in [2.45, 2.75) is 12.2 Å². The molecule has 0 bridgehead atoms. The van der Waals surface area contributed by atoms with Crippen LogP contribution in [0.2, 0.25) is 0 Å². The number of nitrogens with zero attached hydrogens (tertiary/aromatic N) is 6. The van der Waals surface area contributed by atoms with Gasteiger partial charge in [0.25, 0.3) is 0 Å². The predicted molar refractivity (Wildman–Crippen MR) is 162 cm³/mol. The molecule has 0 saturated heterocycles. The molecule has 0 fully saturated rings. The Morgan fingerprint density at radius 1 is 0.562 bits per heavy atom. The number of hydrogen-bond acceptors (Lipinski definition) is 22. The zero-order valence-corrected chi connectivity index (χ0v) is 31.5. The maximum absolute atomic E-state index is 10.9. The molecule has 0 saturated carbocycles. The molecule has 3 aromatic rings. The summed E-state index contributed by atoms with van der Waals surface area (Å²) >= 11 is 0. The zero-order chi connectivity index (χ0) is 33.7. The van der Waals surface area contributed by atoms with E-state index < -0.39 is 57.2 Å². The fourth-order valence-corrected chi connectivity index (χ4v) is 3.90. The monoisotopic (exact) mass is 734 g/mol. The standard InChI is InChI=1S/C22H34N12O10S2.2Na/c35-11-15(37)9-25-19-29-17(23-5-7-45(39,40)41)31-21(33-19)27-13-1-2-14(4-3-13)28-22-32-18(24-6-8-46(42,43)44)30-20(34-22)26-10-16(38)12-36;;/h1-4,15-16,35-38H,5-12H2,(H,39,40,41)(H,42,43,44)(H3,23,25,27,29,31,33)(H3,24,26,28,30,32,34);;/q;2*+1/p-2. The molecule has 3 rings (SSSR count). The van der Waals surface area contributed by atoms with Gasteiger partial charge in [0, 0.05) is 37.6 Å². The van der Waals surface area contributed by atoms with E-state index in [-0.39, 0.29) is 121 Å². The number of rotatable bonds is 20. The van der Waals surface area contributed by atoms with Crippen molar-refractivity contribution < 1.29 is 105 Å². The van der Waals surface area contributed by atoms with Gasteiger partial charge in [-0.15, -0.1) is 0 Å². The van der Waals surface area contributed by atoms with Gasteiger partial charge >= 0.3 is 59.1 Å². The van der Waals surface area contributed by atoms with Crippen LogP contribution in [0.5, 0.6) is 0 Å². The maximum atomic E-state index is 10.9. The molecule has 0 aliphatic carbocycles. The van der Waals surface area contributed by atoms with Crippen molar-refractivity contribution in [3.8, 4) is 0 Å². The van der Waals surface area contributed by atoms with Crippen LogP contribution in [-0.4, -0.2) is 139 Å². The average Bonchev–Trinajstić information content (AvgIpc) is 2.98. The largest absolute Gasteiger partial charge is 1.00 e. The Hall–Kier alpha value is -2.30. The van der Waals surface area contributed by atoms with Crippen LogP contribution >= 0.6 is 0 Å². The smallest absolute Gasteiger partial charge is 0.748 e. The molecule has 0 aliphatic rings. The molecule has 2 atom stereocenters. The summed E-state index contributed by atoms with van der Waals surface area (Å²) in [6, 6.07) is 6.45. The molecule has 2 unspecified atom stereocenters. The van der Waals surface area contributed by atoms with E-state index in [1.54, 1.807) is 24.3 Å². The summed E-state index contributed by atoms with van der Waals surface area (Å²) in [6.45, 7) is -1.82. The Bertz CT molecular complexity index is 1530. The van der Waals surface area contributed by atoms with Crippen molar-refractivity contribution in [1.29, 1.82) is 0 Å². The van der Waals surface area contributed by atoms with Crippen molar-refractivity contribution in [2.75, 3.05) is 82.8 Å². The van der Waals surface area contributed by atoms with Gasteiger partial charge in [0.15, 0.2) is 0 Å². The van der Waals surface area contributed by atoms with Crippen LogP contribution in [0.25, 0.3) is 0 Å². The molecule has 0 radical (unpaired) electrons. The van der Waals surface area contributed by atoms with Gasteiger partial charge in [-0.05, 0) is 24.3 Å². The molecule has 22 nitrogen and oxygen atoms in total. The molecule has 254 valence electrons. The minimum atomic E-state index is -4.49. The number of aromatic nitrogens is 6. The van der Waals surface area contributed by atoms with Crippen LogP contribution in [0.1, 0.15) is 0 Å². The van der Waals surface area contributed by atoms with Crippen molar-refractivity contribution in [1.82, 2.24) is 29.9 Å². The molecule has 2 heterocycles. The number of aliphatic hydroxyl groups is 4. The molecule has 26 heteroatoms. The SMILES string of the molecule is O=S(=O)([O-])CCNc1nc(NCC(O)CO)nc(Nc2ccc(Nc3nc(NCCS(=O)(=O)[O-])nc(NCC(O)CO)n3)cc2)n1.[Na+].[Na+]. The molecule has 0 spiro atoms. The third kappa shape index (κ3) is 17.4. The molecule has 0 aliphatic heterocycles. The third-order valence-electron chi connectivity index (χ3n) is 5.35. The van der Waals surface area contributed by atoms with E-state index in [9.17, 15) is 36.2 Å². The quantitative estimate of drug-likeness (QED) is 0.0380. The summed E-state index contributed by atoms with van der Waals surface area (Å²) in [6.07, 6.45) is -2.22. The van der Waals surface area contributed by atoms with E-state index in [1.807, 2.05) is 0 Å². The van der Waals surface area contributed by atoms with E-state index in [1.165, 1.54) is 0 Å². The first-order valence-electron chi connectivity index (χ1n) is 13.3. The second-order valence-electron chi connectivity index (χ2n) is 9.25. The molecule has 48 heavy (non-hydrogen) atoms. The zero-order valence-electron chi connectivity index (χ0n) is 25.9. The minimum absolute atomic E-state index is 0. The number of benzene rings is 1. The van der Waals surface area contributed by atoms with Gasteiger partial charge in [-0.25, -0.2) is 16.8 Å². The van der Waals surface area contributed by atoms with Crippen LogP contribution in [0.15, 0.2) is 24.3 Å². The summed E-state index contributed by atoms with van der Waals surface area (Å²) in [5.74, 6) is -1.66. The fourth-order valence-electron chi connectivity index (χ4n) is 3.20. The fraction of sp³-hybridized carbons (Fsp3) is 0.455. The van der Waals surface area contributed by atoms with Crippen LogP contribution in [0.3, 0.4) is 0 Å². The Kier molecular flexibility index (Phi) is 19.2. The van der Waals surface area contributed by atoms with E-state index in [0.29, 0.717) is 11.4 Å². The summed E-state index contributed by atoms with van der Waals surface area (Å²) in [4.78, 5) is 24.7. The van der Waals surface area contributed by atoms with Crippen molar-refractivity contribution >= 4 is 67.3 Å².